The Morgan fingerprint density at radius 2 is 2.12 bits per heavy atom. The second-order valence-corrected chi connectivity index (χ2v) is 3.96. The zero-order valence-electron chi connectivity index (χ0n) is 9.74. The first kappa shape index (κ1) is 11.2. The highest BCUT2D eigenvalue weighted by atomic mass is 16.1. The van der Waals surface area contributed by atoms with Gasteiger partial charge in [-0.1, -0.05) is 0 Å². The lowest BCUT2D eigenvalue weighted by Gasteiger charge is -2.06. The summed E-state index contributed by atoms with van der Waals surface area (Å²) in [5, 5.41) is 9.43. The number of amides is 1. The molecule has 1 heterocycles. The average Bonchev–Trinajstić information content (AvgIpc) is 2.63. The van der Waals surface area contributed by atoms with Crippen LogP contribution in [0, 0.1) is 13.8 Å². The summed E-state index contributed by atoms with van der Waals surface area (Å²) in [5.74, 6) is 0.331. The van der Waals surface area contributed by atoms with Gasteiger partial charge in [0.1, 0.15) is 0 Å². The lowest BCUT2D eigenvalue weighted by atomic mass is 10.1. The van der Waals surface area contributed by atoms with Crippen LogP contribution in [-0.2, 0) is 0 Å². The highest BCUT2D eigenvalue weighted by Crippen LogP contribution is 2.14. The molecule has 0 unspecified atom stereocenters. The van der Waals surface area contributed by atoms with Gasteiger partial charge in [0.2, 0.25) is 0 Å². The van der Waals surface area contributed by atoms with Crippen LogP contribution in [0.1, 0.15) is 21.6 Å². The van der Waals surface area contributed by atoms with Gasteiger partial charge in [-0.05, 0) is 37.6 Å². The topological polar surface area (TPSA) is 83.8 Å². The van der Waals surface area contributed by atoms with Gasteiger partial charge in [0.25, 0.3) is 5.91 Å². The highest BCUT2D eigenvalue weighted by Gasteiger charge is 2.10. The minimum absolute atomic E-state index is 0.186. The number of benzene rings is 1. The summed E-state index contributed by atoms with van der Waals surface area (Å²) in [7, 11) is 0. The van der Waals surface area contributed by atoms with Crippen LogP contribution >= 0.6 is 0 Å². The summed E-state index contributed by atoms with van der Waals surface area (Å²) < 4.78 is 0. The van der Waals surface area contributed by atoms with E-state index in [0.29, 0.717) is 17.1 Å². The molecule has 2 aromatic rings. The molecule has 0 aliphatic heterocycles. The first-order valence-corrected chi connectivity index (χ1v) is 5.26. The molecule has 5 heteroatoms. The number of aromatic amines is 1. The molecule has 0 aliphatic carbocycles. The number of hydrogen-bond donors (Lipinski definition) is 3. The smallest absolute Gasteiger partial charge is 0.257 e. The molecule has 1 aromatic heterocycles. The molecule has 0 saturated carbocycles. The molecule has 1 amide bonds. The molecule has 0 spiro atoms. The van der Waals surface area contributed by atoms with E-state index < -0.39 is 0 Å². The third-order valence-corrected chi connectivity index (χ3v) is 2.44. The van der Waals surface area contributed by atoms with Crippen LogP contribution in [0.25, 0.3) is 0 Å². The molecule has 2 rings (SSSR count). The fourth-order valence-corrected chi connectivity index (χ4v) is 1.61. The molecule has 0 aliphatic rings. The second kappa shape index (κ2) is 4.29. The van der Waals surface area contributed by atoms with Gasteiger partial charge >= 0.3 is 0 Å². The molecule has 0 saturated heterocycles. The number of nitrogens with one attached hydrogen (secondary N) is 2. The van der Waals surface area contributed by atoms with Crippen LogP contribution in [0.4, 0.5) is 11.5 Å². The highest BCUT2D eigenvalue weighted by molar-refractivity contribution is 6.05. The van der Waals surface area contributed by atoms with Gasteiger partial charge in [-0.15, -0.1) is 0 Å². The monoisotopic (exact) mass is 230 g/mol. The van der Waals surface area contributed by atoms with Gasteiger partial charge in [-0.25, -0.2) is 0 Å². The molecule has 5 nitrogen and oxygen atoms in total. The minimum Gasteiger partial charge on any atom is -0.399 e. The van der Waals surface area contributed by atoms with Crippen molar-refractivity contribution in [3.8, 4) is 0 Å². The van der Waals surface area contributed by atoms with Crippen LogP contribution < -0.4 is 11.1 Å². The normalized spacial score (nSPS) is 10.2. The molecule has 1 aromatic carbocycles. The van der Waals surface area contributed by atoms with Crippen molar-refractivity contribution in [3.05, 3.63) is 41.1 Å². The number of anilines is 2. The number of nitrogens with zero attached hydrogens (tertiary/aromatic N) is 1. The number of hydrogen-bond acceptors (Lipinski definition) is 3. The van der Waals surface area contributed by atoms with E-state index in [1.54, 1.807) is 24.3 Å². The number of nitrogen functional groups attached to an aromatic ring is 1. The Hall–Kier alpha value is -2.30. The molecule has 0 radical (unpaired) electrons. The first-order valence-electron chi connectivity index (χ1n) is 5.26. The molecule has 17 heavy (non-hydrogen) atoms. The van der Waals surface area contributed by atoms with E-state index in [4.69, 9.17) is 5.73 Å². The first-order chi connectivity index (χ1) is 8.06. The van der Waals surface area contributed by atoms with Crippen LogP contribution in [0.3, 0.4) is 0 Å². The summed E-state index contributed by atoms with van der Waals surface area (Å²) in [4.78, 5) is 11.9. The van der Waals surface area contributed by atoms with Gasteiger partial charge in [-0.3, -0.25) is 9.89 Å². The molecule has 4 N–H and O–H groups in total. The van der Waals surface area contributed by atoms with E-state index in [2.05, 4.69) is 15.5 Å². The predicted octanol–water partition coefficient (Wildman–Crippen LogP) is 1.86. The van der Waals surface area contributed by atoms with Crippen molar-refractivity contribution in [3.63, 3.8) is 0 Å². The quantitative estimate of drug-likeness (QED) is 0.688. The number of carbonyl (C=O) groups is 1. The van der Waals surface area contributed by atoms with E-state index in [1.165, 1.54) is 0 Å². The van der Waals surface area contributed by atoms with Gasteiger partial charge < -0.3 is 11.1 Å². The number of aryl methyl sites for hydroxylation is 2. The van der Waals surface area contributed by atoms with E-state index in [1.807, 2.05) is 13.8 Å². The molecular formula is C12H14N4O. The number of nitrogens with two attached hydrogens (primary N) is 1. The van der Waals surface area contributed by atoms with Crippen LogP contribution in [0.2, 0.25) is 0 Å². The van der Waals surface area contributed by atoms with Crippen LogP contribution in [-0.4, -0.2) is 16.1 Å². The number of rotatable bonds is 2. The summed E-state index contributed by atoms with van der Waals surface area (Å²) in [5.41, 5.74) is 8.62. The Morgan fingerprint density at radius 3 is 2.71 bits per heavy atom. The van der Waals surface area contributed by atoms with Crippen molar-refractivity contribution in [1.29, 1.82) is 0 Å². The van der Waals surface area contributed by atoms with Crippen LogP contribution in [0.5, 0.6) is 0 Å². The summed E-state index contributed by atoms with van der Waals surface area (Å²) in [6.07, 6.45) is 0. The van der Waals surface area contributed by atoms with Gasteiger partial charge in [0, 0.05) is 23.0 Å². The molecule has 88 valence electrons. The Bertz CT molecular complexity index is 559. The third-order valence-electron chi connectivity index (χ3n) is 2.44. The largest absolute Gasteiger partial charge is 0.399 e. The van der Waals surface area contributed by atoms with Gasteiger partial charge in [0.05, 0.1) is 0 Å². The van der Waals surface area contributed by atoms with Crippen molar-refractivity contribution in [2.75, 3.05) is 11.1 Å². The Kier molecular flexibility index (Phi) is 2.82. The lowest BCUT2D eigenvalue weighted by Crippen LogP contribution is -2.13. The SMILES string of the molecule is Cc1cc(NC(=O)c2ccc(N)cc2C)n[nH]1. The Morgan fingerprint density at radius 1 is 1.35 bits per heavy atom. The van der Waals surface area contributed by atoms with E-state index in [-0.39, 0.29) is 5.91 Å². The zero-order chi connectivity index (χ0) is 12.4. The number of carbonyl (C=O) groups excluding carboxylic acids is 1. The third kappa shape index (κ3) is 2.44. The zero-order valence-corrected chi connectivity index (χ0v) is 9.74. The second-order valence-electron chi connectivity index (χ2n) is 3.96. The number of H-pyrrole nitrogens is 1. The van der Waals surface area contributed by atoms with Crippen molar-refractivity contribution >= 4 is 17.4 Å². The van der Waals surface area contributed by atoms with Crippen molar-refractivity contribution in [2.24, 2.45) is 0 Å². The van der Waals surface area contributed by atoms with Gasteiger partial charge in [-0.2, -0.15) is 5.10 Å². The van der Waals surface area contributed by atoms with Crippen molar-refractivity contribution in [1.82, 2.24) is 10.2 Å². The number of aromatic nitrogens is 2. The molecule has 0 bridgehead atoms. The van der Waals surface area contributed by atoms with Crippen molar-refractivity contribution in [2.45, 2.75) is 13.8 Å². The standard InChI is InChI=1S/C12H14N4O/c1-7-5-9(13)3-4-10(7)12(17)14-11-6-8(2)15-16-11/h3-6H,13H2,1-2H3,(H2,14,15,16,17). The fraction of sp³-hybridized carbons (Fsp3) is 0.167. The Balaban J connectivity index is 2.20. The maximum absolute atomic E-state index is 11.9. The fourth-order valence-electron chi connectivity index (χ4n) is 1.61. The Labute approximate surface area is 99.0 Å². The van der Waals surface area contributed by atoms with E-state index in [9.17, 15) is 4.79 Å². The predicted molar refractivity (Wildman–Crippen MR) is 66.9 cm³/mol. The minimum atomic E-state index is -0.186. The van der Waals surface area contributed by atoms with Crippen molar-refractivity contribution < 1.29 is 4.79 Å². The summed E-state index contributed by atoms with van der Waals surface area (Å²) in [6.45, 7) is 3.72. The molecule has 0 fully saturated rings. The lowest BCUT2D eigenvalue weighted by molar-refractivity contribution is 0.102. The molecular weight excluding hydrogens is 216 g/mol. The average molecular weight is 230 g/mol. The van der Waals surface area contributed by atoms with Crippen LogP contribution in [0.15, 0.2) is 24.3 Å². The summed E-state index contributed by atoms with van der Waals surface area (Å²) >= 11 is 0. The molecule has 0 atom stereocenters. The maximum atomic E-state index is 11.9. The maximum Gasteiger partial charge on any atom is 0.257 e. The van der Waals surface area contributed by atoms with Gasteiger partial charge in [0.15, 0.2) is 5.82 Å². The van der Waals surface area contributed by atoms with E-state index >= 15 is 0 Å². The summed E-state index contributed by atoms with van der Waals surface area (Å²) in [6, 6.07) is 6.95. The van der Waals surface area contributed by atoms with E-state index in [0.717, 1.165) is 11.3 Å².